The molecule has 144 valence electrons. The molecule has 2 aromatic heterocycles. The first kappa shape index (κ1) is 18.1. The number of rotatable bonds is 4. The van der Waals surface area contributed by atoms with Crippen LogP contribution in [0.15, 0.2) is 43.2 Å². The third kappa shape index (κ3) is 3.71. The summed E-state index contributed by atoms with van der Waals surface area (Å²) in [6.45, 7) is 5.52. The molecule has 8 nitrogen and oxygen atoms in total. The van der Waals surface area contributed by atoms with Crippen LogP contribution in [0, 0.1) is 19.8 Å². The molecule has 1 amide bonds. The van der Waals surface area contributed by atoms with Crippen LogP contribution in [-0.2, 0) is 4.79 Å². The van der Waals surface area contributed by atoms with E-state index >= 15 is 0 Å². The molecule has 0 aliphatic carbocycles. The minimum Gasteiger partial charge on any atom is -0.356 e. The maximum atomic E-state index is 12.9. The fourth-order valence-corrected chi connectivity index (χ4v) is 3.60. The highest BCUT2D eigenvalue weighted by molar-refractivity contribution is 5.94. The van der Waals surface area contributed by atoms with Crippen molar-refractivity contribution in [3.8, 4) is 5.82 Å². The SMILES string of the molecule is Cc1cccc(C)c1NC(=O)C1CCCN(c2cc(-n3cncn3)ncn2)C1. The van der Waals surface area contributed by atoms with Crippen molar-refractivity contribution in [1.29, 1.82) is 0 Å². The van der Waals surface area contributed by atoms with Crippen LogP contribution >= 0.6 is 0 Å². The number of aryl methyl sites for hydroxylation is 2. The number of anilines is 2. The van der Waals surface area contributed by atoms with E-state index in [1.807, 2.05) is 38.1 Å². The molecule has 1 aromatic carbocycles. The molecule has 0 radical (unpaired) electrons. The Morgan fingerprint density at radius 3 is 2.68 bits per heavy atom. The topological polar surface area (TPSA) is 88.8 Å². The number of carbonyl (C=O) groups excluding carboxylic acids is 1. The van der Waals surface area contributed by atoms with Gasteiger partial charge < -0.3 is 10.2 Å². The summed E-state index contributed by atoms with van der Waals surface area (Å²) < 4.78 is 1.60. The van der Waals surface area contributed by atoms with Gasteiger partial charge in [-0.25, -0.2) is 19.6 Å². The Morgan fingerprint density at radius 1 is 1.14 bits per heavy atom. The van der Waals surface area contributed by atoms with Crippen molar-refractivity contribution in [1.82, 2.24) is 24.7 Å². The fourth-order valence-electron chi connectivity index (χ4n) is 3.60. The van der Waals surface area contributed by atoms with E-state index in [1.54, 1.807) is 11.0 Å². The van der Waals surface area contributed by atoms with E-state index in [0.29, 0.717) is 12.4 Å². The van der Waals surface area contributed by atoms with Crippen molar-refractivity contribution in [2.75, 3.05) is 23.3 Å². The first-order chi connectivity index (χ1) is 13.6. The molecule has 0 bridgehead atoms. The highest BCUT2D eigenvalue weighted by atomic mass is 16.1. The lowest BCUT2D eigenvalue weighted by Gasteiger charge is -2.33. The lowest BCUT2D eigenvalue weighted by Crippen LogP contribution is -2.41. The van der Waals surface area contributed by atoms with Gasteiger partial charge in [-0.1, -0.05) is 18.2 Å². The third-order valence-corrected chi connectivity index (χ3v) is 5.14. The van der Waals surface area contributed by atoms with E-state index in [9.17, 15) is 4.79 Å². The second kappa shape index (κ2) is 7.75. The Bertz CT molecular complexity index is 950. The van der Waals surface area contributed by atoms with E-state index < -0.39 is 0 Å². The molecule has 1 N–H and O–H groups in total. The Labute approximate surface area is 163 Å². The predicted octanol–water partition coefficient (Wildman–Crippen LogP) is 2.53. The zero-order valence-corrected chi connectivity index (χ0v) is 16.0. The molecular weight excluding hydrogens is 354 g/mol. The largest absolute Gasteiger partial charge is 0.356 e. The quantitative estimate of drug-likeness (QED) is 0.752. The number of nitrogens with one attached hydrogen (secondary N) is 1. The number of nitrogens with zero attached hydrogens (tertiary/aromatic N) is 6. The van der Waals surface area contributed by atoms with Gasteiger partial charge in [-0.2, -0.15) is 5.10 Å². The summed E-state index contributed by atoms with van der Waals surface area (Å²) >= 11 is 0. The molecule has 28 heavy (non-hydrogen) atoms. The molecule has 1 aliphatic heterocycles. The number of hydrogen-bond acceptors (Lipinski definition) is 6. The van der Waals surface area contributed by atoms with Gasteiger partial charge in [-0.3, -0.25) is 4.79 Å². The number of amides is 1. The van der Waals surface area contributed by atoms with Crippen LogP contribution in [0.1, 0.15) is 24.0 Å². The van der Waals surface area contributed by atoms with Crippen LogP contribution < -0.4 is 10.2 Å². The fraction of sp³-hybridized carbons (Fsp3) is 0.350. The van der Waals surface area contributed by atoms with E-state index in [4.69, 9.17) is 0 Å². The van der Waals surface area contributed by atoms with Crippen LogP contribution in [0.25, 0.3) is 5.82 Å². The summed E-state index contributed by atoms with van der Waals surface area (Å²) in [7, 11) is 0. The summed E-state index contributed by atoms with van der Waals surface area (Å²) in [6.07, 6.45) is 6.40. The predicted molar refractivity (Wildman–Crippen MR) is 106 cm³/mol. The van der Waals surface area contributed by atoms with Gasteiger partial charge in [0.05, 0.1) is 5.92 Å². The van der Waals surface area contributed by atoms with E-state index in [-0.39, 0.29) is 11.8 Å². The Hall–Kier alpha value is -3.29. The monoisotopic (exact) mass is 377 g/mol. The zero-order chi connectivity index (χ0) is 19.5. The standard InChI is InChI=1S/C20H23N7O/c1-14-5-3-6-15(2)19(14)25-20(28)16-7-4-8-26(10-16)17-9-18(23-12-22-17)27-13-21-11-24-27/h3,5-6,9,11-13,16H,4,7-8,10H2,1-2H3,(H,25,28). The van der Waals surface area contributed by atoms with Crippen molar-refractivity contribution in [3.05, 3.63) is 54.4 Å². The number of aromatic nitrogens is 5. The molecule has 0 saturated carbocycles. The second-order valence-electron chi connectivity index (χ2n) is 7.12. The number of hydrogen-bond donors (Lipinski definition) is 1. The number of benzene rings is 1. The molecule has 1 aliphatic rings. The third-order valence-electron chi connectivity index (χ3n) is 5.14. The molecule has 3 heterocycles. The van der Waals surface area contributed by atoms with Crippen molar-refractivity contribution >= 4 is 17.4 Å². The smallest absolute Gasteiger partial charge is 0.229 e. The van der Waals surface area contributed by atoms with Gasteiger partial charge in [0, 0.05) is 24.8 Å². The van der Waals surface area contributed by atoms with Crippen LogP contribution in [0.3, 0.4) is 0 Å². The number of para-hydroxylation sites is 1. The van der Waals surface area contributed by atoms with Crippen molar-refractivity contribution in [2.45, 2.75) is 26.7 Å². The first-order valence-corrected chi connectivity index (χ1v) is 9.41. The number of carbonyl (C=O) groups is 1. The molecule has 4 rings (SSSR count). The first-order valence-electron chi connectivity index (χ1n) is 9.41. The van der Waals surface area contributed by atoms with Gasteiger partial charge in [0.25, 0.3) is 0 Å². The maximum absolute atomic E-state index is 12.9. The average Bonchev–Trinajstić information content (AvgIpc) is 3.26. The van der Waals surface area contributed by atoms with E-state index in [2.05, 4.69) is 30.3 Å². The highest BCUT2D eigenvalue weighted by Gasteiger charge is 2.27. The van der Waals surface area contributed by atoms with Gasteiger partial charge >= 0.3 is 0 Å². The van der Waals surface area contributed by atoms with Gasteiger partial charge in [-0.05, 0) is 37.8 Å². The zero-order valence-electron chi connectivity index (χ0n) is 16.0. The lowest BCUT2D eigenvalue weighted by atomic mass is 9.96. The molecule has 0 spiro atoms. The minimum atomic E-state index is -0.0856. The highest BCUT2D eigenvalue weighted by Crippen LogP contribution is 2.25. The van der Waals surface area contributed by atoms with E-state index in [0.717, 1.165) is 42.0 Å². The molecule has 8 heteroatoms. The molecule has 1 fully saturated rings. The van der Waals surface area contributed by atoms with Crippen molar-refractivity contribution in [3.63, 3.8) is 0 Å². The van der Waals surface area contributed by atoms with Gasteiger partial charge in [0.1, 0.15) is 24.8 Å². The molecule has 1 unspecified atom stereocenters. The normalized spacial score (nSPS) is 16.8. The number of piperidine rings is 1. The molecule has 3 aromatic rings. The van der Waals surface area contributed by atoms with Gasteiger partial charge in [0.15, 0.2) is 5.82 Å². The Balaban J connectivity index is 1.49. The van der Waals surface area contributed by atoms with E-state index in [1.165, 1.54) is 12.7 Å². The van der Waals surface area contributed by atoms with Crippen LogP contribution in [-0.4, -0.2) is 43.7 Å². The Kier molecular flexibility index (Phi) is 5.01. The van der Waals surface area contributed by atoms with Crippen LogP contribution in [0.4, 0.5) is 11.5 Å². The Morgan fingerprint density at radius 2 is 1.93 bits per heavy atom. The summed E-state index contributed by atoms with van der Waals surface area (Å²) in [5.41, 5.74) is 3.07. The average molecular weight is 377 g/mol. The van der Waals surface area contributed by atoms with Crippen LogP contribution in [0.5, 0.6) is 0 Å². The van der Waals surface area contributed by atoms with Crippen LogP contribution in [0.2, 0.25) is 0 Å². The van der Waals surface area contributed by atoms with Crippen molar-refractivity contribution < 1.29 is 4.79 Å². The lowest BCUT2D eigenvalue weighted by molar-refractivity contribution is -0.120. The summed E-state index contributed by atoms with van der Waals surface area (Å²) in [4.78, 5) is 27.7. The van der Waals surface area contributed by atoms with Gasteiger partial charge in [-0.15, -0.1) is 0 Å². The molecular formula is C20H23N7O. The summed E-state index contributed by atoms with van der Waals surface area (Å²) in [6, 6.07) is 7.91. The minimum absolute atomic E-state index is 0.0626. The second-order valence-corrected chi connectivity index (χ2v) is 7.12. The molecule has 1 saturated heterocycles. The summed E-state index contributed by atoms with van der Waals surface area (Å²) in [5.74, 6) is 1.43. The maximum Gasteiger partial charge on any atom is 0.229 e. The summed E-state index contributed by atoms with van der Waals surface area (Å²) in [5, 5.41) is 7.25. The molecule has 1 atom stereocenters. The van der Waals surface area contributed by atoms with Gasteiger partial charge in [0.2, 0.25) is 5.91 Å². The van der Waals surface area contributed by atoms with Crippen molar-refractivity contribution in [2.24, 2.45) is 5.92 Å².